The van der Waals surface area contributed by atoms with E-state index in [1.165, 1.54) is 6.07 Å². The van der Waals surface area contributed by atoms with Gasteiger partial charge in [0.1, 0.15) is 5.69 Å². The first-order chi connectivity index (χ1) is 9.41. The number of pyridine rings is 1. The summed E-state index contributed by atoms with van der Waals surface area (Å²) in [7, 11) is 0. The van der Waals surface area contributed by atoms with Gasteiger partial charge in [-0.25, -0.2) is 0 Å². The van der Waals surface area contributed by atoms with Crippen molar-refractivity contribution in [3.05, 3.63) is 29.6 Å². The van der Waals surface area contributed by atoms with Crippen LogP contribution in [0.15, 0.2) is 18.3 Å². The molecule has 0 atom stereocenters. The van der Waals surface area contributed by atoms with Gasteiger partial charge in [0.2, 0.25) is 0 Å². The van der Waals surface area contributed by atoms with Gasteiger partial charge in [-0.3, -0.25) is 9.78 Å². The summed E-state index contributed by atoms with van der Waals surface area (Å²) < 4.78 is 37.2. The molecule has 0 bridgehead atoms. The van der Waals surface area contributed by atoms with Crippen molar-refractivity contribution >= 4 is 30.7 Å². The number of piperidine rings is 1. The van der Waals surface area contributed by atoms with Crippen molar-refractivity contribution in [2.75, 3.05) is 19.6 Å². The fourth-order valence-electron chi connectivity index (χ4n) is 2.24. The minimum absolute atomic E-state index is 0. The van der Waals surface area contributed by atoms with E-state index in [9.17, 15) is 18.0 Å². The molecule has 1 amide bonds. The van der Waals surface area contributed by atoms with Crippen LogP contribution < -0.4 is 5.73 Å². The Balaban J connectivity index is 0.00000220. The Morgan fingerprint density at radius 3 is 2.27 bits per heavy atom. The van der Waals surface area contributed by atoms with Gasteiger partial charge >= 0.3 is 6.18 Å². The molecular weight excluding hydrogens is 342 g/mol. The second kappa shape index (κ2) is 8.55. The monoisotopic (exact) mass is 359 g/mol. The van der Waals surface area contributed by atoms with Crippen molar-refractivity contribution in [1.29, 1.82) is 0 Å². The number of carbonyl (C=O) groups excluding carboxylic acids is 1. The molecule has 0 aliphatic carbocycles. The Morgan fingerprint density at radius 2 is 1.86 bits per heavy atom. The maximum atomic E-state index is 12.4. The molecule has 22 heavy (non-hydrogen) atoms. The van der Waals surface area contributed by atoms with E-state index in [-0.39, 0.29) is 36.3 Å². The van der Waals surface area contributed by atoms with E-state index in [0.717, 1.165) is 25.1 Å². The van der Waals surface area contributed by atoms with E-state index in [2.05, 4.69) is 4.98 Å². The summed E-state index contributed by atoms with van der Waals surface area (Å²) in [6, 6.07) is 2.01. The number of halogens is 5. The van der Waals surface area contributed by atoms with E-state index >= 15 is 0 Å². The largest absolute Gasteiger partial charge is 0.433 e. The number of alkyl halides is 3. The summed E-state index contributed by atoms with van der Waals surface area (Å²) in [5, 5.41) is 0. The second-order valence-electron chi connectivity index (χ2n) is 4.90. The van der Waals surface area contributed by atoms with Crippen LogP contribution >= 0.6 is 24.8 Å². The fraction of sp³-hybridized carbons (Fsp3) is 0.538. The van der Waals surface area contributed by atoms with Gasteiger partial charge in [0.15, 0.2) is 0 Å². The highest BCUT2D eigenvalue weighted by atomic mass is 35.5. The third-order valence-electron chi connectivity index (χ3n) is 3.54. The Hall–Kier alpha value is -1.05. The van der Waals surface area contributed by atoms with E-state index in [0.29, 0.717) is 25.6 Å². The van der Waals surface area contributed by atoms with E-state index in [4.69, 9.17) is 5.73 Å². The molecule has 2 N–H and O–H groups in total. The molecule has 1 aromatic rings. The maximum absolute atomic E-state index is 12.4. The predicted molar refractivity (Wildman–Crippen MR) is 81.4 cm³/mol. The van der Waals surface area contributed by atoms with Crippen molar-refractivity contribution in [3.8, 4) is 0 Å². The van der Waals surface area contributed by atoms with Gasteiger partial charge in [-0.1, -0.05) is 0 Å². The van der Waals surface area contributed by atoms with E-state index < -0.39 is 11.9 Å². The molecule has 2 rings (SSSR count). The van der Waals surface area contributed by atoms with Crippen molar-refractivity contribution in [2.24, 2.45) is 11.7 Å². The smallest absolute Gasteiger partial charge is 0.339 e. The van der Waals surface area contributed by atoms with Gasteiger partial charge in [-0.2, -0.15) is 13.2 Å². The van der Waals surface area contributed by atoms with Crippen LogP contribution in [0.25, 0.3) is 0 Å². The summed E-state index contributed by atoms with van der Waals surface area (Å²) in [5.74, 6) is 0.145. The SMILES string of the molecule is Cl.Cl.NCC1CCN(C(=O)c2ccc(C(F)(F)F)nc2)CC1. The molecule has 9 heteroatoms. The molecule has 0 saturated carbocycles. The molecule has 1 aromatic heterocycles. The lowest BCUT2D eigenvalue weighted by Gasteiger charge is -2.31. The Morgan fingerprint density at radius 1 is 1.27 bits per heavy atom. The van der Waals surface area contributed by atoms with E-state index in [1.807, 2.05) is 0 Å². The third kappa shape index (κ3) is 5.00. The maximum Gasteiger partial charge on any atom is 0.433 e. The number of nitrogens with zero attached hydrogens (tertiary/aromatic N) is 2. The first-order valence-electron chi connectivity index (χ1n) is 6.44. The molecule has 0 radical (unpaired) electrons. The number of amides is 1. The quantitative estimate of drug-likeness (QED) is 0.882. The second-order valence-corrected chi connectivity index (χ2v) is 4.90. The van der Waals surface area contributed by atoms with Crippen LogP contribution in [0.4, 0.5) is 13.2 Å². The summed E-state index contributed by atoms with van der Waals surface area (Å²) in [6.45, 7) is 1.77. The van der Waals surface area contributed by atoms with Crippen LogP contribution in [0.3, 0.4) is 0 Å². The standard InChI is InChI=1S/C13H16F3N3O.2ClH/c14-13(15,16)11-2-1-10(8-18-11)12(20)19-5-3-9(7-17)4-6-19;;/h1-2,8-9H,3-7,17H2;2*1H. The number of aromatic nitrogens is 1. The normalized spacial score (nSPS) is 15.7. The summed E-state index contributed by atoms with van der Waals surface area (Å²) in [6.07, 6.45) is -1.84. The molecule has 0 unspecified atom stereocenters. The van der Waals surface area contributed by atoms with Crippen molar-refractivity contribution in [2.45, 2.75) is 19.0 Å². The number of carbonyl (C=O) groups is 1. The highest BCUT2D eigenvalue weighted by Gasteiger charge is 2.32. The lowest BCUT2D eigenvalue weighted by atomic mass is 9.97. The Bertz CT molecular complexity index is 474. The van der Waals surface area contributed by atoms with Gasteiger partial charge in [0.05, 0.1) is 5.56 Å². The average molecular weight is 360 g/mol. The number of nitrogens with two attached hydrogens (primary N) is 1. The predicted octanol–water partition coefficient (Wildman–Crippen LogP) is 2.75. The molecule has 4 nitrogen and oxygen atoms in total. The molecular formula is C13H18Cl2F3N3O. The number of hydrogen-bond donors (Lipinski definition) is 1. The Labute approximate surface area is 139 Å². The van der Waals surface area contributed by atoms with Crippen LogP contribution in [-0.4, -0.2) is 35.4 Å². The van der Waals surface area contributed by atoms with Crippen LogP contribution in [-0.2, 0) is 6.18 Å². The van der Waals surface area contributed by atoms with Gasteiger partial charge in [0.25, 0.3) is 5.91 Å². The molecule has 126 valence electrons. The van der Waals surface area contributed by atoms with Gasteiger partial charge in [-0.05, 0) is 37.4 Å². The first kappa shape index (κ1) is 20.9. The molecule has 2 heterocycles. The van der Waals surface area contributed by atoms with Crippen molar-refractivity contribution < 1.29 is 18.0 Å². The van der Waals surface area contributed by atoms with Crippen LogP contribution in [0, 0.1) is 5.92 Å². The minimum atomic E-state index is -4.49. The first-order valence-corrected chi connectivity index (χ1v) is 6.44. The third-order valence-corrected chi connectivity index (χ3v) is 3.54. The summed E-state index contributed by atoms with van der Waals surface area (Å²) in [5.41, 5.74) is 4.77. The van der Waals surface area contributed by atoms with E-state index in [1.54, 1.807) is 4.90 Å². The molecule has 1 aliphatic heterocycles. The van der Waals surface area contributed by atoms with Crippen LogP contribution in [0.1, 0.15) is 28.9 Å². The van der Waals surface area contributed by atoms with Crippen molar-refractivity contribution in [3.63, 3.8) is 0 Å². The molecule has 1 aliphatic rings. The molecule has 1 fully saturated rings. The zero-order valence-electron chi connectivity index (χ0n) is 11.7. The zero-order chi connectivity index (χ0) is 14.8. The number of rotatable bonds is 2. The fourth-order valence-corrected chi connectivity index (χ4v) is 2.24. The van der Waals surface area contributed by atoms with Gasteiger partial charge in [0, 0.05) is 19.3 Å². The van der Waals surface area contributed by atoms with Crippen LogP contribution in [0.5, 0.6) is 0 Å². The molecule has 0 aromatic carbocycles. The topological polar surface area (TPSA) is 59.2 Å². The van der Waals surface area contributed by atoms with Crippen molar-refractivity contribution in [1.82, 2.24) is 9.88 Å². The number of hydrogen-bond acceptors (Lipinski definition) is 3. The number of likely N-dealkylation sites (tertiary alicyclic amines) is 1. The lowest BCUT2D eigenvalue weighted by Crippen LogP contribution is -2.40. The lowest BCUT2D eigenvalue weighted by molar-refractivity contribution is -0.141. The van der Waals surface area contributed by atoms with Crippen LogP contribution in [0.2, 0.25) is 0 Å². The summed E-state index contributed by atoms with van der Waals surface area (Å²) in [4.78, 5) is 17.1. The molecule has 1 saturated heterocycles. The van der Waals surface area contributed by atoms with Gasteiger partial charge in [-0.15, -0.1) is 24.8 Å². The molecule has 0 spiro atoms. The summed E-state index contributed by atoms with van der Waals surface area (Å²) >= 11 is 0. The van der Waals surface area contributed by atoms with Gasteiger partial charge < -0.3 is 10.6 Å². The zero-order valence-corrected chi connectivity index (χ0v) is 13.3. The Kier molecular flexibility index (Phi) is 8.14. The highest BCUT2D eigenvalue weighted by Crippen LogP contribution is 2.27. The minimum Gasteiger partial charge on any atom is -0.339 e. The average Bonchev–Trinajstić information content (AvgIpc) is 2.46. The highest BCUT2D eigenvalue weighted by molar-refractivity contribution is 5.94.